The van der Waals surface area contributed by atoms with Crippen molar-refractivity contribution in [3.8, 4) is 0 Å². The number of aromatic nitrogens is 1. The van der Waals surface area contributed by atoms with Crippen molar-refractivity contribution in [3.05, 3.63) is 52.8 Å². The maximum atomic E-state index is 13.0. The molecule has 0 amide bonds. The number of aryl methyl sites for hydroxylation is 1. The van der Waals surface area contributed by atoms with Gasteiger partial charge in [0, 0.05) is 55.9 Å². The lowest BCUT2D eigenvalue weighted by molar-refractivity contribution is -0.137. The number of alkyl halides is 3. The molecule has 1 aliphatic heterocycles. The fourth-order valence-electron chi connectivity index (χ4n) is 4.38. The number of Topliss-reactive ketones (excluding diaryl/α,β-unsaturated/α-hetero) is 1. The Morgan fingerprint density at radius 2 is 1.81 bits per heavy atom. The van der Waals surface area contributed by atoms with E-state index >= 15 is 0 Å². The van der Waals surface area contributed by atoms with Crippen LogP contribution < -0.4 is 4.90 Å². The van der Waals surface area contributed by atoms with E-state index in [0.717, 1.165) is 23.0 Å². The second-order valence-corrected chi connectivity index (χ2v) is 8.19. The van der Waals surface area contributed by atoms with E-state index in [1.54, 1.807) is 13.2 Å². The molecule has 0 spiro atoms. The molecule has 2 heterocycles. The standard InChI is InChI=1S/C23H30F3N3O2/c1-16-12-21(18(3)29(16)17(2)15-31-4)22(30)14-27-8-10-28(11-9-27)20-7-5-6-19(13-20)23(24,25)26/h5-7,12-13,17H,8-11,14-15H2,1-4H3/t17-/m0/s1. The Kier molecular flexibility index (Phi) is 7.11. The number of rotatable bonds is 7. The van der Waals surface area contributed by atoms with E-state index in [9.17, 15) is 18.0 Å². The molecule has 1 saturated heterocycles. The highest BCUT2D eigenvalue weighted by atomic mass is 19.4. The van der Waals surface area contributed by atoms with Crippen LogP contribution >= 0.6 is 0 Å². The van der Waals surface area contributed by atoms with Gasteiger partial charge in [-0.3, -0.25) is 9.69 Å². The van der Waals surface area contributed by atoms with Crippen LogP contribution in [0.15, 0.2) is 30.3 Å². The average Bonchev–Trinajstić information content (AvgIpc) is 3.02. The normalized spacial score (nSPS) is 16.5. The molecule has 31 heavy (non-hydrogen) atoms. The van der Waals surface area contributed by atoms with Crippen LogP contribution in [0.3, 0.4) is 0 Å². The maximum absolute atomic E-state index is 13.0. The summed E-state index contributed by atoms with van der Waals surface area (Å²) in [5, 5.41) is 0. The maximum Gasteiger partial charge on any atom is 0.416 e. The Morgan fingerprint density at radius 1 is 1.13 bits per heavy atom. The van der Waals surface area contributed by atoms with Crippen molar-refractivity contribution in [2.45, 2.75) is 33.0 Å². The number of carbonyl (C=O) groups excluding carboxylic acids is 1. The summed E-state index contributed by atoms with van der Waals surface area (Å²) < 4.78 is 46.3. The first-order valence-electron chi connectivity index (χ1n) is 10.5. The van der Waals surface area contributed by atoms with Gasteiger partial charge in [-0.05, 0) is 45.0 Å². The molecule has 1 aromatic heterocycles. The van der Waals surface area contributed by atoms with E-state index in [0.29, 0.717) is 45.0 Å². The zero-order chi connectivity index (χ0) is 22.8. The predicted octanol–water partition coefficient (Wildman–Crippen LogP) is 4.34. The van der Waals surface area contributed by atoms with Gasteiger partial charge in [-0.2, -0.15) is 13.2 Å². The third-order valence-electron chi connectivity index (χ3n) is 5.91. The second kappa shape index (κ2) is 9.44. The van der Waals surface area contributed by atoms with Crippen molar-refractivity contribution in [2.24, 2.45) is 0 Å². The van der Waals surface area contributed by atoms with Crippen LogP contribution in [-0.2, 0) is 10.9 Å². The number of nitrogens with zero attached hydrogens (tertiary/aromatic N) is 3. The van der Waals surface area contributed by atoms with E-state index in [4.69, 9.17) is 4.74 Å². The first-order chi connectivity index (χ1) is 14.6. The second-order valence-electron chi connectivity index (χ2n) is 8.19. The number of carbonyl (C=O) groups is 1. The molecular weight excluding hydrogens is 407 g/mol. The van der Waals surface area contributed by atoms with Gasteiger partial charge in [-0.15, -0.1) is 0 Å². The molecule has 8 heteroatoms. The first kappa shape index (κ1) is 23.3. The average molecular weight is 438 g/mol. The molecule has 2 aromatic rings. The highest BCUT2D eigenvalue weighted by molar-refractivity contribution is 5.99. The predicted molar refractivity (Wildman–Crippen MR) is 115 cm³/mol. The molecule has 0 saturated carbocycles. The van der Waals surface area contributed by atoms with Gasteiger partial charge in [-0.25, -0.2) is 0 Å². The summed E-state index contributed by atoms with van der Waals surface area (Å²) in [6, 6.07) is 7.49. The van der Waals surface area contributed by atoms with Gasteiger partial charge in [0.25, 0.3) is 0 Å². The zero-order valence-electron chi connectivity index (χ0n) is 18.5. The van der Waals surface area contributed by atoms with Crippen molar-refractivity contribution in [1.82, 2.24) is 9.47 Å². The minimum absolute atomic E-state index is 0.0662. The molecule has 5 nitrogen and oxygen atoms in total. The number of anilines is 1. The largest absolute Gasteiger partial charge is 0.416 e. The topological polar surface area (TPSA) is 37.7 Å². The molecule has 0 radical (unpaired) electrons. The van der Waals surface area contributed by atoms with Crippen LogP contribution in [0.5, 0.6) is 0 Å². The summed E-state index contributed by atoms with van der Waals surface area (Å²) in [5.41, 5.74) is 2.62. The number of ether oxygens (including phenoxy) is 1. The van der Waals surface area contributed by atoms with Crippen molar-refractivity contribution in [1.29, 1.82) is 0 Å². The van der Waals surface area contributed by atoms with Gasteiger partial charge >= 0.3 is 6.18 Å². The molecular formula is C23H30F3N3O2. The summed E-state index contributed by atoms with van der Waals surface area (Å²) in [7, 11) is 1.66. The molecule has 1 aliphatic rings. The number of methoxy groups -OCH3 is 1. The van der Waals surface area contributed by atoms with E-state index in [-0.39, 0.29) is 11.8 Å². The molecule has 0 bridgehead atoms. The lowest BCUT2D eigenvalue weighted by atomic mass is 10.1. The van der Waals surface area contributed by atoms with E-state index in [1.165, 1.54) is 12.1 Å². The number of piperazine rings is 1. The van der Waals surface area contributed by atoms with Crippen molar-refractivity contribution in [2.75, 3.05) is 51.3 Å². The molecule has 1 aromatic carbocycles. The summed E-state index contributed by atoms with van der Waals surface area (Å²) in [4.78, 5) is 17.0. The van der Waals surface area contributed by atoms with Crippen LogP contribution in [0, 0.1) is 13.8 Å². The monoisotopic (exact) mass is 437 g/mol. The minimum Gasteiger partial charge on any atom is -0.383 e. The fourth-order valence-corrected chi connectivity index (χ4v) is 4.38. The smallest absolute Gasteiger partial charge is 0.383 e. The third kappa shape index (κ3) is 5.30. The van der Waals surface area contributed by atoms with E-state index in [2.05, 4.69) is 16.4 Å². The molecule has 170 valence electrons. The highest BCUT2D eigenvalue weighted by Crippen LogP contribution is 2.32. The first-order valence-corrected chi connectivity index (χ1v) is 10.5. The van der Waals surface area contributed by atoms with Crippen LogP contribution in [0.4, 0.5) is 18.9 Å². The summed E-state index contributed by atoms with van der Waals surface area (Å²) in [5.74, 6) is 0.0662. The summed E-state index contributed by atoms with van der Waals surface area (Å²) in [6.07, 6.45) is -4.35. The van der Waals surface area contributed by atoms with Gasteiger partial charge in [0.1, 0.15) is 0 Å². The van der Waals surface area contributed by atoms with Gasteiger partial charge in [0.05, 0.1) is 24.8 Å². The van der Waals surface area contributed by atoms with Crippen LogP contribution in [0.25, 0.3) is 0 Å². The van der Waals surface area contributed by atoms with Gasteiger partial charge in [0.15, 0.2) is 5.78 Å². The number of benzene rings is 1. The van der Waals surface area contributed by atoms with Crippen LogP contribution in [-0.4, -0.2) is 61.7 Å². The van der Waals surface area contributed by atoms with Crippen molar-refractivity contribution >= 4 is 11.5 Å². The molecule has 1 atom stereocenters. The number of ketones is 1. The van der Waals surface area contributed by atoms with Crippen molar-refractivity contribution in [3.63, 3.8) is 0 Å². The molecule has 1 fully saturated rings. The highest BCUT2D eigenvalue weighted by Gasteiger charge is 2.31. The van der Waals surface area contributed by atoms with Gasteiger partial charge in [-0.1, -0.05) is 6.07 Å². The Morgan fingerprint density at radius 3 is 2.42 bits per heavy atom. The number of hydrogen-bond acceptors (Lipinski definition) is 4. The van der Waals surface area contributed by atoms with Gasteiger partial charge in [0.2, 0.25) is 0 Å². The fraction of sp³-hybridized carbons (Fsp3) is 0.522. The Balaban J connectivity index is 1.62. The number of halogens is 3. The molecule has 0 unspecified atom stereocenters. The quantitative estimate of drug-likeness (QED) is 0.604. The summed E-state index contributed by atoms with van der Waals surface area (Å²) >= 11 is 0. The number of hydrogen-bond donors (Lipinski definition) is 0. The molecule has 3 rings (SSSR count). The third-order valence-corrected chi connectivity index (χ3v) is 5.91. The zero-order valence-corrected chi connectivity index (χ0v) is 18.5. The lowest BCUT2D eigenvalue weighted by Crippen LogP contribution is -2.48. The Bertz CT molecular complexity index is 915. The SMILES string of the molecule is COC[C@H](C)n1c(C)cc(C(=O)CN2CCN(c3cccc(C(F)(F)F)c3)CC2)c1C. The van der Waals surface area contributed by atoms with E-state index in [1.807, 2.05) is 24.8 Å². The Hall–Kier alpha value is -2.32. The van der Waals surface area contributed by atoms with Crippen molar-refractivity contribution < 1.29 is 22.7 Å². The molecule has 0 N–H and O–H groups in total. The Labute approximate surface area is 181 Å². The van der Waals surface area contributed by atoms with Gasteiger partial charge < -0.3 is 14.2 Å². The molecule has 0 aliphatic carbocycles. The summed E-state index contributed by atoms with van der Waals surface area (Å²) in [6.45, 7) is 9.30. The minimum atomic E-state index is -4.35. The van der Waals surface area contributed by atoms with Crippen LogP contribution in [0.2, 0.25) is 0 Å². The lowest BCUT2D eigenvalue weighted by Gasteiger charge is -2.36. The van der Waals surface area contributed by atoms with Crippen LogP contribution in [0.1, 0.15) is 40.3 Å². The van der Waals surface area contributed by atoms with E-state index < -0.39 is 11.7 Å².